The third kappa shape index (κ3) is 4.95. The highest BCUT2D eigenvalue weighted by Gasteiger charge is 2.18. The van der Waals surface area contributed by atoms with Crippen LogP contribution in [0.25, 0.3) is 0 Å². The molecule has 20 heavy (non-hydrogen) atoms. The zero-order chi connectivity index (χ0) is 15.1. The Morgan fingerprint density at radius 1 is 1.25 bits per heavy atom. The van der Waals surface area contributed by atoms with Gasteiger partial charge in [0.05, 0.1) is 13.2 Å². The maximum atomic E-state index is 11.6. The lowest BCUT2D eigenvalue weighted by Gasteiger charge is -2.05. The van der Waals surface area contributed by atoms with Crippen LogP contribution in [-0.2, 0) is 14.3 Å². The molecule has 0 aliphatic carbocycles. The van der Waals surface area contributed by atoms with Crippen LogP contribution in [0, 0.1) is 0 Å². The fourth-order valence-electron chi connectivity index (χ4n) is 1.09. The van der Waals surface area contributed by atoms with Crippen molar-refractivity contribution in [2.45, 2.75) is 6.92 Å². The van der Waals surface area contributed by atoms with Crippen LogP contribution in [0.2, 0.25) is 9.36 Å². The van der Waals surface area contributed by atoms with E-state index in [9.17, 15) is 14.4 Å². The summed E-state index contributed by atoms with van der Waals surface area (Å²) in [6, 6.07) is 0. The molecule has 0 atom stereocenters. The van der Waals surface area contributed by atoms with E-state index in [-0.39, 0.29) is 34.7 Å². The number of hydrogen-bond donors (Lipinski definition) is 2. The highest BCUT2D eigenvalue weighted by atomic mass is 35.5. The third-order valence-electron chi connectivity index (χ3n) is 1.96. The number of carbonyl (C=O) groups is 3. The molecular formula is C10H11Cl2N3O4S. The van der Waals surface area contributed by atoms with Crippen LogP contribution in [0.5, 0.6) is 0 Å². The average molecular weight is 340 g/mol. The van der Waals surface area contributed by atoms with Gasteiger partial charge in [0.25, 0.3) is 5.91 Å². The zero-order valence-corrected chi connectivity index (χ0v) is 12.7. The number of nitrogens with zero attached hydrogens (tertiary/aromatic N) is 1. The molecule has 1 aromatic rings. The third-order valence-corrected chi connectivity index (χ3v) is 3.57. The Kier molecular flexibility index (Phi) is 6.69. The van der Waals surface area contributed by atoms with Gasteiger partial charge in [0.2, 0.25) is 5.91 Å². The van der Waals surface area contributed by atoms with Crippen molar-refractivity contribution in [1.29, 1.82) is 0 Å². The van der Waals surface area contributed by atoms with Gasteiger partial charge in [-0.05, 0) is 18.5 Å². The number of esters is 1. The number of amides is 2. The van der Waals surface area contributed by atoms with E-state index < -0.39 is 17.8 Å². The number of hydrogen-bond acceptors (Lipinski definition) is 6. The molecule has 0 spiro atoms. The minimum atomic E-state index is -0.621. The standard InChI is InChI=1S/C10H11Cl2N3O4S/c1-2-19-6(17)4-13-5(16)3-14-10(18)8-7(11)9(12)20-15-8/h2-4H2,1H3,(H,13,16)(H,14,18). The molecule has 110 valence electrons. The van der Waals surface area contributed by atoms with E-state index >= 15 is 0 Å². The molecular weight excluding hydrogens is 329 g/mol. The first-order chi connectivity index (χ1) is 9.45. The lowest BCUT2D eigenvalue weighted by molar-refractivity contribution is -0.143. The highest BCUT2D eigenvalue weighted by molar-refractivity contribution is 7.11. The topological polar surface area (TPSA) is 97.4 Å². The SMILES string of the molecule is CCOC(=O)CNC(=O)CNC(=O)c1nsc(Cl)c1Cl. The van der Waals surface area contributed by atoms with Gasteiger partial charge in [-0.25, -0.2) is 0 Å². The summed E-state index contributed by atoms with van der Waals surface area (Å²) in [5.74, 6) is -1.71. The number of aromatic nitrogens is 1. The van der Waals surface area contributed by atoms with Crippen molar-refractivity contribution < 1.29 is 19.1 Å². The van der Waals surface area contributed by atoms with Crippen LogP contribution in [0.15, 0.2) is 0 Å². The van der Waals surface area contributed by atoms with E-state index in [4.69, 9.17) is 23.2 Å². The van der Waals surface area contributed by atoms with Crippen molar-refractivity contribution in [3.63, 3.8) is 0 Å². The molecule has 1 rings (SSSR count). The number of nitrogens with one attached hydrogen (secondary N) is 2. The van der Waals surface area contributed by atoms with Gasteiger partial charge in [0.15, 0.2) is 5.69 Å². The molecule has 0 unspecified atom stereocenters. The van der Waals surface area contributed by atoms with E-state index in [1.807, 2.05) is 0 Å². The van der Waals surface area contributed by atoms with Crippen LogP contribution in [0.3, 0.4) is 0 Å². The maximum Gasteiger partial charge on any atom is 0.325 e. The summed E-state index contributed by atoms with van der Waals surface area (Å²) in [7, 11) is 0. The predicted molar refractivity (Wildman–Crippen MR) is 74.1 cm³/mol. The molecule has 2 amide bonds. The second kappa shape index (κ2) is 8.03. The lowest BCUT2D eigenvalue weighted by atomic mass is 10.4. The first-order valence-electron chi connectivity index (χ1n) is 5.46. The Morgan fingerprint density at radius 2 is 1.95 bits per heavy atom. The van der Waals surface area contributed by atoms with Crippen molar-refractivity contribution >= 4 is 52.5 Å². The van der Waals surface area contributed by atoms with E-state index in [1.54, 1.807) is 6.92 Å². The Labute approximate surface area is 128 Å². The van der Waals surface area contributed by atoms with Crippen LogP contribution >= 0.6 is 34.7 Å². The van der Waals surface area contributed by atoms with Crippen LogP contribution in [-0.4, -0.2) is 41.9 Å². The fraction of sp³-hybridized carbons (Fsp3) is 0.400. The van der Waals surface area contributed by atoms with Crippen LogP contribution in [0.1, 0.15) is 17.4 Å². The largest absolute Gasteiger partial charge is 0.465 e. The van der Waals surface area contributed by atoms with E-state index in [0.717, 1.165) is 11.5 Å². The van der Waals surface area contributed by atoms with Gasteiger partial charge in [-0.3, -0.25) is 14.4 Å². The summed E-state index contributed by atoms with van der Waals surface area (Å²) >= 11 is 12.3. The second-order valence-electron chi connectivity index (χ2n) is 3.38. The summed E-state index contributed by atoms with van der Waals surface area (Å²) in [5, 5.41) is 4.64. The molecule has 7 nitrogen and oxygen atoms in total. The first-order valence-corrected chi connectivity index (χ1v) is 6.99. The van der Waals surface area contributed by atoms with Gasteiger partial charge < -0.3 is 15.4 Å². The van der Waals surface area contributed by atoms with E-state index in [0.29, 0.717) is 0 Å². The molecule has 0 bridgehead atoms. The van der Waals surface area contributed by atoms with Gasteiger partial charge >= 0.3 is 5.97 Å². The second-order valence-corrected chi connectivity index (χ2v) is 5.14. The Morgan fingerprint density at radius 3 is 2.50 bits per heavy atom. The zero-order valence-electron chi connectivity index (χ0n) is 10.4. The molecule has 1 heterocycles. The molecule has 0 aromatic carbocycles. The maximum absolute atomic E-state index is 11.6. The van der Waals surface area contributed by atoms with Crippen molar-refractivity contribution in [3.8, 4) is 0 Å². The first kappa shape index (κ1) is 16.7. The highest BCUT2D eigenvalue weighted by Crippen LogP contribution is 2.29. The smallest absolute Gasteiger partial charge is 0.325 e. The van der Waals surface area contributed by atoms with Gasteiger partial charge in [-0.1, -0.05) is 23.2 Å². The molecule has 2 N–H and O–H groups in total. The number of rotatable bonds is 6. The summed E-state index contributed by atoms with van der Waals surface area (Å²) in [5.41, 5.74) is -0.0418. The summed E-state index contributed by atoms with van der Waals surface area (Å²) in [6.45, 7) is 1.31. The van der Waals surface area contributed by atoms with Crippen molar-refractivity contribution in [2.75, 3.05) is 19.7 Å². The van der Waals surface area contributed by atoms with Crippen molar-refractivity contribution in [2.24, 2.45) is 0 Å². The van der Waals surface area contributed by atoms with E-state index in [2.05, 4.69) is 19.7 Å². The molecule has 10 heteroatoms. The molecule has 0 aliphatic rings. The van der Waals surface area contributed by atoms with E-state index in [1.165, 1.54) is 0 Å². The van der Waals surface area contributed by atoms with Gasteiger partial charge in [-0.2, -0.15) is 4.37 Å². The molecule has 0 fully saturated rings. The quantitative estimate of drug-likeness (QED) is 0.749. The lowest BCUT2D eigenvalue weighted by Crippen LogP contribution is -2.39. The number of halogens is 2. The molecule has 0 radical (unpaired) electrons. The molecule has 0 aliphatic heterocycles. The fourth-order valence-corrected chi connectivity index (χ4v) is 2.09. The average Bonchev–Trinajstić information content (AvgIpc) is 2.74. The predicted octanol–water partition coefficient (Wildman–Crippen LogP) is 0.859. The number of ether oxygens (including phenoxy) is 1. The molecule has 0 saturated heterocycles. The van der Waals surface area contributed by atoms with Gasteiger partial charge in [0.1, 0.15) is 15.9 Å². The minimum absolute atomic E-state index is 0.0418. The summed E-state index contributed by atoms with van der Waals surface area (Å²) in [6.07, 6.45) is 0. The Balaban J connectivity index is 2.36. The normalized spacial score (nSPS) is 9.95. The van der Waals surface area contributed by atoms with Crippen molar-refractivity contribution in [1.82, 2.24) is 15.0 Å². The molecule has 1 aromatic heterocycles. The van der Waals surface area contributed by atoms with Gasteiger partial charge in [-0.15, -0.1) is 0 Å². The number of carbonyl (C=O) groups excluding carboxylic acids is 3. The minimum Gasteiger partial charge on any atom is -0.465 e. The van der Waals surface area contributed by atoms with Crippen LogP contribution < -0.4 is 10.6 Å². The summed E-state index contributed by atoms with van der Waals surface area (Å²) < 4.78 is 8.57. The molecule has 0 saturated carbocycles. The monoisotopic (exact) mass is 339 g/mol. The van der Waals surface area contributed by atoms with Crippen molar-refractivity contribution in [3.05, 3.63) is 15.1 Å². The van der Waals surface area contributed by atoms with Crippen LogP contribution in [0.4, 0.5) is 0 Å². The summed E-state index contributed by atoms with van der Waals surface area (Å²) in [4.78, 5) is 34.0. The Hall–Kier alpha value is -1.38. The van der Waals surface area contributed by atoms with Gasteiger partial charge in [0, 0.05) is 0 Å². The Bertz CT molecular complexity index is 521.